The summed E-state index contributed by atoms with van der Waals surface area (Å²) in [5, 5.41) is 9.70. The Kier molecular flexibility index (Phi) is 2.89. The number of hydrogen-bond acceptors (Lipinski definition) is 2. The van der Waals surface area contributed by atoms with E-state index in [1.165, 1.54) is 6.42 Å². The molecule has 1 rings (SSSR count). The fourth-order valence-corrected chi connectivity index (χ4v) is 2.06. The molecule has 1 aliphatic rings. The zero-order valence-electron chi connectivity index (χ0n) is 7.92. The van der Waals surface area contributed by atoms with Gasteiger partial charge in [0.15, 0.2) is 6.29 Å². The van der Waals surface area contributed by atoms with E-state index in [1.54, 1.807) is 6.92 Å². The third-order valence-electron chi connectivity index (χ3n) is 3.00. The van der Waals surface area contributed by atoms with Gasteiger partial charge in [0.2, 0.25) is 0 Å². The van der Waals surface area contributed by atoms with Crippen molar-refractivity contribution in [3.05, 3.63) is 0 Å². The summed E-state index contributed by atoms with van der Waals surface area (Å²) in [6, 6.07) is 0. The Bertz CT molecular complexity index is 163. The molecule has 0 saturated heterocycles. The second kappa shape index (κ2) is 3.56. The van der Waals surface area contributed by atoms with Gasteiger partial charge in [0.1, 0.15) is 5.60 Å². The Labute approximate surface area is 74.0 Å². The summed E-state index contributed by atoms with van der Waals surface area (Å²) in [5.41, 5.74) is -1.09. The molecule has 1 saturated carbocycles. The minimum Gasteiger partial charge on any atom is -0.382 e. The van der Waals surface area contributed by atoms with Crippen LogP contribution in [0.25, 0.3) is 0 Å². The van der Waals surface area contributed by atoms with E-state index in [2.05, 4.69) is 6.92 Å². The maximum absolute atomic E-state index is 10.6. The third kappa shape index (κ3) is 2.07. The molecule has 0 aromatic carbocycles. The fraction of sp³-hybridized carbons (Fsp3) is 0.900. The smallest absolute Gasteiger partial charge is 0.151 e. The lowest BCUT2D eigenvalue weighted by Crippen LogP contribution is -2.38. The molecule has 0 heterocycles. The van der Waals surface area contributed by atoms with Gasteiger partial charge in [0, 0.05) is 0 Å². The minimum atomic E-state index is -1.09. The number of rotatable bonds is 2. The van der Waals surface area contributed by atoms with E-state index in [0.717, 1.165) is 19.3 Å². The van der Waals surface area contributed by atoms with Crippen LogP contribution in [0, 0.1) is 11.8 Å². The predicted octanol–water partition coefficient (Wildman–Crippen LogP) is 1.76. The van der Waals surface area contributed by atoms with Crippen LogP contribution in [-0.4, -0.2) is 17.0 Å². The Balaban J connectivity index is 2.56. The van der Waals surface area contributed by atoms with Crippen molar-refractivity contribution in [3.8, 4) is 0 Å². The van der Waals surface area contributed by atoms with Crippen molar-refractivity contribution in [2.24, 2.45) is 11.8 Å². The lowest BCUT2D eigenvalue weighted by molar-refractivity contribution is -0.129. The van der Waals surface area contributed by atoms with Crippen molar-refractivity contribution >= 4 is 6.29 Å². The lowest BCUT2D eigenvalue weighted by atomic mass is 9.74. The first-order valence-electron chi connectivity index (χ1n) is 4.75. The van der Waals surface area contributed by atoms with Crippen LogP contribution >= 0.6 is 0 Å². The number of aliphatic hydroxyl groups is 1. The Hall–Kier alpha value is -0.370. The molecule has 2 heteroatoms. The molecule has 0 aromatic rings. The topological polar surface area (TPSA) is 37.3 Å². The van der Waals surface area contributed by atoms with Crippen molar-refractivity contribution < 1.29 is 9.90 Å². The van der Waals surface area contributed by atoms with Gasteiger partial charge < -0.3 is 9.90 Å². The van der Waals surface area contributed by atoms with Crippen LogP contribution in [0.5, 0.6) is 0 Å². The molecule has 0 bridgehead atoms. The zero-order valence-corrected chi connectivity index (χ0v) is 7.92. The van der Waals surface area contributed by atoms with E-state index in [9.17, 15) is 9.90 Å². The van der Waals surface area contributed by atoms with Crippen molar-refractivity contribution in [1.29, 1.82) is 0 Å². The highest BCUT2D eigenvalue weighted by molar-refractivity contribution is 5.61. The molecule has 1 aliphatic carbocycles. The molecule has 0 aliphatic heterocycles. The van der Waals surface area contributed by atoms with Gasteiger partial charge in [-0.05, 0) is 31.6 Å². The first-order chi connectivity index (χ1) is 5.56. The molecule has 0 aromatic heterocycles. The highest BCUT2D eigenvalue weighted by Gasteiger charge is 2.34. The van der Waals surface area contributed by atoms with Crippen molar-refractivity contribution in [3.63, 3.8) is 0 Å². The minimum absolute atomic E-state index is 0.179. The van der Waals surface area contributed by atoms with E-state index in [4.69, 9.17) is 0 Å². The molecule has 0 spiro atoms. The second-order valence-electron chi connectivity index (χ2n) is 4.31. The van der Waals surface area contributed by atoms with E-state index in [1.807, 2.05) is 0 Å². The average Bonchev–Trinajstić information content (AvgIpc) is 2.05. The van der Waals surface area contributed by atoms with E-state index < -0.39 is 5.60 Å². The first-order valence-corrected chi connectivity index (χ1v) is 4.75. The molecule has 1 N–H and O–H groups in total. The molecule has 2 nitrogen and oxygen atoms in total. The van der Waals surface area contributed by atoms with Crippen LogP contribution in [0.4, 0.5) is 0 Å². The third-order valence-corrected chi connectivity index (χ3v) is 3.00. The number of carbonyl (C=O) groups is 1. The Morgan fingerprint density at radius 1 is 1.50 bits per heavy atom. The second-order valence-corrected chi connectivity index (χ2v) is 4.31. The normalized spacial score (nSPS) is 35.6. The first kappa shape index (κ1) is 9.72. The summed E-state index contributed by atoms with van der Waals surface area (Å²) in [7, 11) is 0. The molecular weight excluding hydrogens is 152 g/mol. The molecular formula is C10H18O2. The van der Waals surface area contributed by atoms with E-state index >= 15 is 0 Å². The van der Waals surface area contributed by atoms with Gasteiger partial charge in [-0.3, -0.25) is 0 Å². The summed E-state index contributed by atoms with van der Waals surface area (Å²) in [4.78, 5) is 10.6. The van der Waals surface area contributed by atoms with Crippen LogP contribution in [0.3, 0.4) is 0 Å². The maximum atomic E-state index is 10.6. The lowest BCUT2D eigenvalue weighted by Gasteiger charge is -2.34. The quantitative estimate of drug-likeness (QED) is 0.641. The van der Waals surface area contributed by atoms with Gasteiger partial charge in [-0.25, -0.2) is 0 Å². The molecule has 3 unspecified atom stereocenters. The Morgan fingerprint density at radius 2 is 2.17 bits per heavy atom. The Morgan fingerprint density at radius 3 is 2.67 bits per heavy atom. The van der Waals surface area contributed by atoms with Gasteiger partial charge in [-0.15, -0.1) is 0 Å². The summed E-state index contributed by atoms with van der Waals surface area (Å²) in [6.45, 7) is 3.82. The van der Waals surface area contributed by atoms with Crippen LogP contribution in [0.1, 0.15) is 39.5 Å². The van der Waals surface area contributed by atoms with Crippen LogP contribution < -0.4 is 0 Å². The summed E-state index contributed by atoms with van der Waals surface area (Å²) in [5.74, 6) is 0.842. The molecule has 0 amide bonds. The monoisotopic (exact) mass is 170 g/mol. The zero-order chi connectivity index (χ0) is 9.19. The SMILES string of the molecule is CC1CCCC(C(C)(O)C=O)C1. The highest BCUT2D eigenvalue weighted by Crippen LogP contribution is 2.34. The van der Waals surface area contributed by atoms with Gasteiger partial charge >= 0.3 is 0 Å². The average molecular weight is 170 g/mol. The van der Waals surface area contributed by atoms with Crippen LogP contribution in [0.2, 0.25) is 0 Å². The summed E-state index contributed by atoms with van der Waals surface area (Å²) < 4.78 is 0. The molecule has 70 valence electrons. The largest absolute Gasteiger partial charge is 0.382 e. The van der Waals surface area contributed by atoms with Gasteiger partial charge in [-0.1, -0.05) is 19.8 Å². The molecule has 3 atom stereocenters. The van der Waals surface area contributed by atoms with Crippen LogP contribution in [-0.2, 0) is 4.79 Å². The van der Waals surface area contributed by atoms with Crippen LogP contribution in [0.15, 0.2) is 0 Å². The standard InChI is InChI=1S/C10H18O2/c1-8-4-3-5-9(6-8)10(2,12)7-11/h7-9,12H,3-6H2,1-2H3. The maximum Gasteiger partial charge on any atom is 0.151 e. The number of hydrogen-bond donors (Lipinski definition) is 1. The van der Waals surface area contributed by atoms with Crippen molar-refractivity contribution in [2.45, 2.75) is 45.1 Å². The summed E-state index contributed by atoms with van der Waals surface area (Å²) >= 11 is 0. The van der Waals surface area contributed by atoms with Gasteiger partial charge in [0.05, 0.1) is 0 Å². The fourth-order valence-electron chi connectivity index (χ4n) is 2.06. The molecule has 1 fully saturated rings. The van der Waals surface area contributed by atoms with E-state index in [-0.39, 0.29) is 5.92 Å². The van der Waals surface area contributed by atoms with E-state index in [0.29, 0.717) is 12.2 Å². The molecule has 0 radical (unpaired) electrons. The predicted molar refractivity (Wildman–Crippen MR) is 47.8 cm³/mol. The summed E-state index contributed by atoms with van der Waals surface area (Å²) in [6.07, 6.45) is 5.07. The van der Waals surface area contributed by atoms with Crippen molar-refractivity contribution in [2.75, 3.05) is 0 Å². The van der Waals surface area contributed by atoms with Crippen molar-refractivity contribution in [1.82, 2.24) is 0 Å². The number of aldehydes is 1. The highest BCUT2D eigenvalue weighted by atomic mass is 16.3. The molecule has 12 heavy (non-hydrogen) atoms. The van der Waals surface area contributed by atoms with Gasteiger partial charge in [0.25, 0.3) is 0 Å². The number of carbonyl (C=O) groups excluding carboxylic acids is 1. The van der Waals surface area contributed by atoms with Gasteiger partial charge in [-0.2, -0.15) is 0 Å².